The van der Waals surface area contributed by atoms with Gasteiger partial charge in [-0.05, 0) is 194 Å². The van der Waals surface area contributed by atoms with Gasteiger partial charge in [0.15, 0.2) is 0 Å². The maximum Gasteiger partial charge on any atom is 0.210 e. The van der Waals surface area contributed by atoms with Crippen LogP contribution in [-0.4, -0.2) is 79.5 Å². The Balaban J connectivity index is 1.13. The molecule has 8 aromatic rings. The Morgan fingerprint density at radius 1 is 0.264 bits per heavy atom. The summed E-state index contributed by atoms with van der Waals surface area (Å²) >= 11 is 0. The molecule has 72 heavy (non-hydrogen) atoms. The fourth-order valence-corrected chi connectivity index (χ4v) is 12.0. The molecule has 0 heterocycles. The van der Waals surface area contributed by atoms with E-state index in [0.717, 1.165) is 0 Å². The van der Waals surface area contributed by atoms with Crippen molar-refractivity contribution in [3.8, 4) is 46.0 Å². The number of ether oxygens (including phenoxy) is 4. The molecule has 20 heteroatoms. The summed E-state index contributed by atoms with van der Waals surface area (Å²) in [6.45, 7) is -1.23. The average molecular weight is 1050 g/mol. The fourth-order valence-electron chi connectivity index (χ4n) is 6.99. The molecular formula is C52H42O16S4. The van der Waals surface area contributed by atoms with Crippen LogP contribution in [0.1, 0.15) is 0 Å². The third kappa shape index (κ3) is 11.3. The molecule has 0 aliphatic rings. The van der Waals surface area contributed by atoms with Gasteiger partial charge in [0.2, 0.25) is 45.0 Å². The second-order valence-electron chi connectivity index (χ2n) is 16.0. The summed E-state index contributed by atoms with van der Waals surface area (Å²) < 4.78 is 133. The first-order valence-corrected chi connectivity index (χ1v) is 27.3. The lowest BCUT2D eigenvalue weighted by Gasteiger charge is -2.34. The zero-order valence-corrected chi connectivity index (χ0v) is 40.7. The Labute approximate surface area is 414 Å². The molecule has 8 rings (SSSR count). The minimum atomic E-state index is -4.06. The lowest BCUT2D eigenvalue weighted by Crippen LogP contribution is -2.52. The molecule has 370 valence electrons. The van der Waals surface area contributed by atoms with E-state index in [-0.39, 0.29) is 85.2 Å². The van der Waals surface area contributed by atoms with Crippen molar-refractivity contribution in [2.24, 2.45) is 0 Å². The van der Waals surface area contributed by atoms with E-state index in [4.69, 9.17) is 18.9 Å². The van der Waals surface area contributed by atoms with Crippen molar-refractivity contribution in [1.29, 1.82) is 0 Å². The highest BCUT2D eigenvalue weighted by Gasteiger charge is 2.38. The normalized spacial score (nSPS) is 12.2. The lowest BCUT2D eigenvalue weighted by molar-refractivity contribution is -0.0483. The number of phenolic OH excluding ortho intramolecular Hbond substituents is 4. The molecule has 16 nitrogen and oxygen atoms in total. The molecule has 0 unspecified atom stereocenters. The maximum absolute atomic E-state index is 13.5. The molecule has 0 fully saturated rings. The minimum Gasteiger partial charge on any atom is -0.508 e. The Hall–Kier alpha value is -8.04. The van der Waals surface area contributed by atoms with Gasteiger partial charge in [0.1, 0.15) is 65.8 Å². The van der Waals surface area contributed by atoms with Gasteiger partial charge in [-0.1, -0.05) is 0 Å². The van der Waals surface area contributed by atoms with Gasteiger partial charge in [0.05, 0.1) is 39.2 Å². The molecule has 0 bridgehead atoms. The third-order valence-corrected chi connectivity index (χ3v) is 18.1. The van der Waals surface area contributed by atoms with E-state index >= 15 is 0 Å². The Morgan fingerprint density at radius 2 is 0.431 bits per heavy atom. The van der Waals surface area contributed by atoms with E-state index in [2.05, 4.69) is 0 Å². The van der Waals surface area contributed by atoms with Crippen LogP contribution in [0.15, 0.2) is 233 Å². The summed E-state index contributed by atoms with van der Waals surface area (Å²) in [5, 5.41) is 38.8. The number of hydrogen-bond acceptors (Lipinski definition) is 16. The zero-order valence-electron chi connectivity index (χ0n) is 37.4. The topological polar surface area (TPSA) is 254 Å². The summed E-state index contributed by atoms with van der Waals surface area (Å²) in [5.41, 5.74) is -1.72. The predicted octanol–water partition coefficient (Wildman–Crippen LogP) is 8.19. The number of rotatable bonds is 19. The Morgan fingerprint density at radius 3 is 0.625 bits per heavy atom. The van der Waals surface area contributed by atoms with E-state index < -0.39 is 64.8 Å². The van der Waals surface area contributed by atoms with E-state index in [1.54, 1.807) is 0 Å². The van der Waals surface area contributed by atoms with Crippen molar-refractivity contribution in [3.63, 3.8) is 0 Å². The molecule has 0 amide bonds. The smallest absolute Gasteiger partial charge is 0.210 e. The van der Waals surface area contributed by atoms with Crippen LogP contribution < -0.4 is 18.9 Å². The third-order valence-electron chi connectivity index (χ3n) is 11.0. The van der Waals surface area contributed by atoms with E-state index in [9.17, 15) is 54.1 Å². The molecule has 0 aliphatic carbocycles. The summed E-state index contributed by atoms with van der Waals surface area (Å²) in [4.78, 5) is -0.610. The van der Waals surface area contributed by atoms with E-state index in [0.29, 0.717) is 0 Å². The van der Waals surface area contributed by atoms with Crippen molar-refractivity contribution < 1.29 is 73.0 Å². The molecule has 0 atom stereocenters. The molecular weight excluding hydrogens is 1010 g/mol. The molecule has 0 saturated heterocycles. The van der Waals surface area contributed by atoms with Crippen molar-refractivity contribution in [2.45, 2.75) is 44.8 Å². The highest BCUT2D eigenvalue weighted by molar-refractivity contribution is 7.92. The van der Waals surface area contributed by atoms with Gasteiger partial charge in [-0.15, -0.1) is 0 Å². The average Bonchev–Trinajstić information content (AvgIpc) is 3.38. The highest BCUT2D eigenvalue weighted by Crippen LogP contribution is 2.32. The molecule has 4 N–H and O–H groups in total. The number of hydrogen-bond donors (Lipinski definition) is 4. The van der Waals surface area contributed by atoms with Gasteiger partial charge in [-0.3, -0.25) is 0 Å². The van der Waals surface area contributed by atoms with Crippen LogP contribution in [0, 0.1) is 0 Å². The first kappa shape index (κ1) is 50.4. The number of aromatic hydroxyl groups is 4. The van der Waals surface area contributed by atoms with Gasteiger partial charge >= 0.3 is 0 Å². The Bertz CT molecular complexity index is 3330. The molecule has 0 saturated carbocycles. The number of benzene rings is 8. The van der Waals surface area contributed by atoms with Crippen LogP contribution in [0.4, 0.5) is 0 Å². The van der Waals surface area contributed by atoms with Gasteiger partial charge in [0, 0.05) is 0 Å². The zero-order chi connectivity index (χ0) is 51.3. The monoisotopic (exact) mass is 1050 g/mol. The standard InChI is InChI=1S/C52H42O16S4/c53-36-1-17-44(18-2-36)69(57,58)48-25-9-40(10-26-48)65-33-52(68-43-15-31-51(32-16-43)72(63,64)47-23-7-39(56)8-24-47,34-66-41-11-27-49(28-12-41)70(59,60)45-19-3-37(54)4-20-45)35-67-42-13-29-50(30-14-42)71(61,62)46-21-5-38(55)6-22-46/h1-32,53-56H,33-35H2. The largest absolute Gasteiger partial charge is 0.508 e. The summed E-state index contributed by atoms with van der Waals surface area (Å²) in [6.07, 6.45) is 0. The summed E-state index contributed by atoms with van der Waals surface area (Å²) in [7, 11) is -16.1. The van der Waals surface area contributed by atoms with Crippen molar-refractivity contribution in [2.75, 3.05) is 19.8 Å². The molecule has 8 aromatic carbocycles. The second kappa shape index (κ2) is 20.4. The van der Waals surface area contributed by atoms with Gasteiger partial charge in [0.25, 0.3) is 0 Å². The first-order valence-electron chi connectivity index (χ1n) is 21.4. The lowest BCUT2D eigenvalue weighted by atomic mass is 10.1. The maximum atomic E-state index is 13.5. The SMILES string of the molecule is O=S(=O)(c1ccc(O)cc1)c1ccc(OCC(COc2ccc(S(=O)(=O)c3ccc(O)cc3)cc2)(COc2ccc(S(=O)(=O)c3ccc(O)cc3)cc2)Oc2ccc(S(=O)(=O)c3ccc(O)cc3)cc2)cc1. The van der Waals surface area contributed by atoms with Crippen molar-refractivity contribution in [3.05, 3.63) is 194 Å². The molecule has 0 aliphatic heterocycles. The van der Waals surface area contributed by atoms with Gasteiger partial charge < -0.3 is 39.4 Å². The Kier molecular flexibility index (Phi) is 14.2. The van der Waals surface area contributed by atoms with Crippen LogP contribution in [0.25, 0.3) is 0 Å². The minimum absolute atomic E-state index is 0.0606. The number of sulfone groups is 4. The molecule has 0 spiro atoms. The molecule has 0 aromatic heterocycles. The van der Waals surface area contributed by atoms with Crippen molar-refractivity contribution in [1.82, 2.24) is 0 Å². The first-order chi connectivity index (χ1) is 34.2. The predicted molar refractivity (Wildman–Crippen MR) is 260 cm³/mol. The van der Waals surface area contributed by atoms with E-state index in [1.165, 1.54) is 194 Å². The number of phenols is 4. The summed E-state index contributed by atoms with van der Waals surface area (Å²) in [5.74, 6) is 0.117. The van der Waals surface area contributed by atoms with Crippen LogP contribution in [0.5, 0.6) is 46.0 Å². The van der Waals surface area contributed by atoms with Gasteiger partial charge in [-0.25, -0.2) is 33.7 Å². The second-order valence-corrected chi connectivity index (χ2v) is 23.8. The van der Waals surface area contributed by atoms with Crippen LogP contribution >= 0.6 is 0 Å². The van der Waals surface area contributed by atoms with Crippen LogP contribution in [0.2, 0.25) is 0 Å². The molecule has 0 radical (unpaired) electrons. The van der Waals surface area contributed by atoms with Crippen LogP contribution in [0.3, 0.4) is 0 Å². The highest BCUT2D eigenvalue weighted by atomic mass is 32.2. The summed E-state index contributed by atoms with van der Waals surface area (Å²) in [6, 6.07) is 41.8. The van der Waals surface area contributed by atoms with Gasteiger partial charge in [-0.2, -0.15) is 0 Å². The van der Waals surface area contributed by atoms with Crippen LogP contribution in [-0.2, 0) is 39.3 Å². The fraction of sp³-hybridized carbons (Fsp3) is 0.0769. The quantitative estimate of drug-likeness (QED) is 0.0595. The van der Waals surface area contributed by atoms with E-state index in [1.807, 2.05) is 0 Å². The van der Waals surface area contributed by atoms with Crippen molar-refractivity contribution >= 4 is 39.3 Å².